The van der Waals surface area contributed by atoms with Gasteiger partial charge in [0.2, 0.25) is 0 Å². The molecule has 1 aromatic carbocycles. The van der Waals surface area contributed by atoms with Crippen molar-refractivity contribution in [2.24, 2.45) is 0 Å². The Labute approximate surface area is 144 Å². The molecule has 2 fully saturated rings. The molecule has 2 aromatic rings. The van der Waals surface area contributed by atoms with E-state index in [-0.39, 0.29) is 17.8 Å². The fraction of sp³-hybridized carbons (Fsp3) is 0.333. The first-order chi connectivity index (χ1) is 12.0. The lowest BCUT2D eigenvalue weighted by atomic mass is 9.87. The summed E-state index contributed by atoms with van der Waals surface area (Å²) in [4.78, 5) is 43.8. The topological polar surface area (TPSA) is 82.6 Å². The van der Waals surface area contributed by atoms with Crippen molar-refractivity contribution in [1.29, 1.82) is 0 Å². The SMILES string of the molecule is CN1C(=O)NC2(CCN(C(=O)c3ccc4cnccc4c3)CC2)C1=O. The molecule has 3 heterocycles. The van der Waals surface area contributed by atoms with Crippen molar-refractivity contribution >= 4 is 28.6 Å². The summed E-state index contributed by atoms with van der Waals surface area (Å²) < 4.78 is 0. The highest BCUT2D eigenvalue weighted by atomic mass is 16.2. The van der Waals surface area contributed by atoms with Crippen LogP contribution >= 0.6 is 0 Å². The van der Waals surface area contributed by atoms with Crippen LogP contribution in [-0.2, 0) is 4.79 Å². The first-order valence-corrected chi connectivity index (χ1v) is 8.24. The molecule has 0 atom stereocenters. The molecule has 7 heteroatoms. The molecule has 1 aromatic heterocycles. The van der Waals surface area contributed by atoms with E-state index >= 15 is 0 Å². The summed E-state index contributed by atoms with van der Waals surface area (Å²) in [5.74, 6) is -0.263. The first-order valence-electron chi connectivity index (χ1n) is 8.24. The van der Waals surface area contributed by atoms with Crippen molar-refractivity contribution in [3.63, 3.8) is 0 Å². The third-order valence-corrected chi connectivity index (χ3v) is 5.16. The molecule has 0 radical (unpaired) electrons. The Morgan fingerprint density at radius 1 is 1.16 bits per heavy atom. The number of nitrogens with zero attached hydrogens (tertiary/aromatic N) is 3. The molecule has 2 saturated heterocycles. The molecule has 1 N–H and O–H groups in total. The second-order valence-corrected chi connectivity index (χ2v) is 6.61. The molecular weight excluding hydrogens is 320 g/mol. The van der Waals surface area contributed by atoms with Gasteiger partial charge in [0.05, 0.1) is 0 Å². The third-order valence-electron chi connectivity index (χ3n) is 5.16. The third kappa shape index (κ3) is 2.43. The number of likely N-dealkylation sites (N-methyl/N-ethyl adjacent to an activating group) is 1. The van der Waals surface area contributed by atoms with Gasteiger partial charge < -0.3 is 10.2 Å². The fourth-order valence-corrected chi connectivity index (χ4v) is 3.58. The maximum atomic E-state index is 12.8. The van der Waals surface area contributed by atoms with E-state index in [1.54, 1.807) is 23.4 Å². The monoisotopic (exact) mass is 338 g/mol. The second-order valence-electron chi connectivity index (χ2n) is 6.61. The minimum absolute atomic E-state index is 0.0568. The van der Waals surface area contributed by atoms with Crippen LogP contribution in [0.4, 0.5) is 4.79 Å². The molecule has 0 aliphatic carbocycles. The van der Waals surface area contributed by atoms with E-state index in [1.807, 2.05) is 18.2 Å². The number of hydrogen-bond acceptors (Lipinski definition) is 4. The Morgan fingerprint density at radius 3 is 2.60 bits per heavy atom. The molecule has 0 unspecified atom stereocenters. The number of benzene rings is 1. The van der Waals surface area contributed by atoms with Gasteiger partial charge in [-0.15, -0.1) is 0 Å². The quantitative estimate of drug-likeness (QED) is 0.797. The lowest BCUT2D eigenvalue weighted by Crippen LogP contribution is -2.55. The van der Waals surface area contributed by atoms with Crippen LogP contribution in [0, 0.1) is 0 Å². The number of pyridine rings is 1. The smallest absolute Gasteiger partial charge is 0.324 e. The number of nitrogens with one attached hydrogen (secondary N) is 1. The van der Waals surface area contributed by atoms with Crippen molar-refractivity contribution in [2.75, 3.05) is 20.1 Å². The predicted molar refractivity (Wildman–Crippen MR) is 90.9 cm³/mol. The Kier molecular flexibility index (Phi) is 3.45. The van der Waals surface area contributed by atoms with E-state index in [2.05, 4.69) is 10.3 Å². The van der Waals surface area contributed by atoms with Gasteiger partial charge in [0.15, 0.2) is 0 Å². The van der Waals surface area contributed by atoms with Gasteiger partial charge in [0, 0.05) is 43.5 Å². The average molecular weight is 338 g/mol. The second kappa shape index (κ2) is 5.54. The zero-order valence-electron chi connectivity index (χ0n) is 13.9. The van der Waals surface area contributed by atoms with Crippen LogP contribution in [0.1, 0.15) is 23.2 Å². The van der Waals surface area contributed by atoms with Crippen molar-refractivity contribution in [3.05, 3.63) is 42.2 Å². The van der Waals surface area contributed by atoms with Gasteiger partial charge in [-0.05, 0) is 36.4 Å². The molecule has 2 aliphatic heterocycles. The van der Waals surface area contributed by atoms with Crippen LogP contribution in [-0.4, -0.2) is 58.3 Å². The lowest BCUT2D eigenvalue weighted by molar-refractivity contribution is -0.131. The minimum Gasteiger partial charge on any atom is -0.338 e. The predicted octanol–water partition coefficient (Wildman–Crippen LogP) is 1.39. The molecule has 4 amide bonds. The summed E-state index contributed by atoms with van der Waals surface area (Å²) in [7, 11) is 1.48. The van der Waals surface area contributed by atoms with Gasteiger partial charge in [0.1, 0.15) is 5.54 Å². The summed E-state index contributed by atoms with van der Waals surface area (Å²) in [6.45, 7) is 0.875. The van der Waals surface area contributed by atoms with Crippen molar-refractivity contribution in [1.82, 2.24) is 20.1 Å². The number of aromatic nitrogens is 1. The summed E-state index contributed by atoms with van der Waals surface area (Å²) in [5, 5.41) is 4.74. The number of imide groups is 1. The summed E-state index contributed by atoms with van der Waals surface area (Å²) >= 11 is 0. The summed E-state index contributed by atoms with van der Waals surface area (Å²) in [6, 6.07) is 7.05. The highest BCUT2D eigenvalue weighted by Crippen LogP contribution is 2.29. The van der Waals surface area contributed by atoms with Crippen LogP contribution in [0.2, 0.25) is 0 Å². The average Bonchev–Trinajstić information content (AvgIpc) is 2.85. The molecular formula is C18H18N4O3. The van der Waals surface area contributed by atoms with Gasteiger partial charge in [-0.2, -0.15) is 0 Å². The maximum absolute atomic E-state index is 12.8. The number of piperidine rings is 1. The van der Waals surface area contributed by atoms with Crippen LogP contribution < -0.4 is 5.32 Å². The number of hydrogen-bond donors (Lipinski definition) is 1. The van der Waals surface area contributed by atoms with Gasteiger partial charge in [-0.25, -0.2) is 4.79 Å². The van der Waals surface area contributed by atoms with E-state index < -0.39 is 5.54 Å². The number of amides is 4. The van der Waals surface area contributed by atoms with Crippen LogP contribution in [0.15, 0.2) is 36.7 Å². The highest BCUT2D eigenvalue weighted by Gasteiger charge is 2.51. The lowest BCUT2D eigenvalue weighted by Gasteiger charge is -2.37. The number of urea groups is 1. The Hall–Kier alpha value is -2.96. The maximum Gasteiger partial charge on any atom is 0.324 e. The van der Waals surface area contributed by atoms with Gasteiger partial charge in [-0.1, -0.05) is 6.07 Å². The fourth-order valence-electron chi connectivity index (χ4n) is 3.58. The molecule has 128 valence electrons. The Morgan fingerprint density at radius 2 is 1.92 bits per heavy atom. The zero-order valence-corrected chi connectivity index (χ0v) is 13.9. The van der Waals surface area contributed by atoms with E-state index in [4.69, 9.17) is 0 Å². The van der Waals surface area contributed by atoms with Crippen molar-refractivity contribution in [2.45, 2.75) is 18.4 Å². The molecule has 4 rings (SSSR count). The molecule has 0 saturated carbocycles. The standard InChI is InChI=1S/C18H18N4O3/c1-21-16(24)18(20-17(21)25)5-8-22(9-6-18)15(23)13-2-3-14-11-19-7-4-12(14)10-13/h2-4,7,10-11H,5-6,8-9H2,1H3,(H,20,25). The Bertz CT molecular complexity index is 887. The first kappa shape index (κ1) is 15.6. The molecule has 2 aliphatic rings. The van der Waals surface area contributed by atoms with E-state index in [9.17, 15) is 14.4 Å². The molecule has 0 bridgehead atoms. The van der Waals surface area contributed by atoms with Gasteiger partial charge in [-0.3, -0.25) is 19.5 Å². The van der Waals surface area contributed by atoms with Crippen LogP contribution in [0.3, 0.4) is 0 Å². The van der Waals surface area contributed by atoms with Gasteiger partial charge in [0.25, 0.3) is 11.8 Å². The number of carbonyl (C=O) groups excluding carboxylic acids is 3. The van der Waals surface area contributed by atoms with E-state index in [1.165, 1.54) is 7.05 Å². The molecule has 1 spiro atoms. The minimum atomic E-state index is -0.850. The number of fused-ring (bicyclic) bond motifs is 1. The van der Waals surface area contributed by atoms with E-state index in [0.717, 1.165) is 15.7 Å². The zero-order chi connectivity index (χ0) is 17.6. The number of rotatable bonds is 1. The summed E-state index contributed by atoms with van der Waals surface area (Å²) in [5.41, 5.74) is -0.231. The largest absolute Gasteiger partial charge is 0.338 e. The number of carbonyl (C=O) groups is 3. The van der Waals surface area contributed by atoms with Crippen molar-refractivity contribution in [3.8, 4) is 0 Å². The van der Waals surface area contributed by atoms with Gasteiger partial charge >= 0.3 is 6.03 Å². The van der Waals surface area contributed by atoms with Crippen LogP contribution in [0.5, 0.6) is 0 Å². The van der Waals surface area contributed by atoms with Crippen LogP contribution in [0.25, 0.3) is 10.8 Å². The highest BCUT2D eigenvalue weighted by molar-refractivity contribution is 6.07. The normalized spacial score (nSPS) is 19.6. The Balaban J connectivity index is 1.51. The van der Waals surface area contributed by atoms with E-state index in [0.29, 0.717) is 31.5 Å². The molecule has 7 nitrogen and oxygen atoms in total. The summed E-state index contributed by atoms with van der Waals surface area (Å²) in [6.07, 6.45) is 4.33. The van der Waals surface area contributed by atoms with Crippen molar-refractivity contribution < 1.29 is 14.4 Å². The number of likely N-dealkylation sites (tertiary alicyclic amines) is 1. The molecule has 25 heavy (non-hydrogen) atoms.